The number of methoxy groups -OCH3 is 1. The van der Waals surface area contributed by atoms with Crippen LogP contribution in [0, 0.1) is 18.8 Å². The molecular weight excluding hydrogens is 580 g/mol. The van der Waals surface area contributed by atoms with Crippen molar-refractivity contribution in [3.8, 4) is 16.9 Å². The lowest BCUT2D eigenvalue weighted by atomic mass is 9.78. The van der Waals surface area contributed by atoms with Crippen molar-refractivity contribution in [1.29, 1.82) is 0 Å². The van der Waals surface area contributed by atoms with E-state index in [0.717, 1.165) is 73.9 Å². The summed E-state index contributed by atoms with van der Waals surface area (Å²) in [6, 6.07) is 15.5. The third-order valence-electron chi connectivity index (χ3n) is 10.2. The number of aryl methyl sites for hydroxylation is 1. The molecule has 9 heteroatoms. The summed E-state index contributed by atoms with van der Waals surface area (Å²) < 4.78 is 12.5. The van der Waals surface area contributed by atoms with Gasteiger partial charge in [0.1, 0.15) is 12.4 Å². The number of aliphatic hydroxyl groups excluding tert-OH is 1. The van der Waals surface area contributed by atoms with E-state index in [1.54, 1.807) is 7.11 Å². The monoisotopic (exact) mass is 628 g/mol. The van der Waals surface area contributed by atoms with Gasteiger partial charge in [-0.15, -0.1) is 0 Å². The molecule has 3 aliphatic rings. The van der Waals surface area contributed by atoms with E-state index in [4.69, 9.17) is 14.6 Å². The van der Waals surface area contributed by atoms with E-state index in [0.29, 0.717) is 24.4 Å². The molecule has 3 aromatic rings. The molecule has 0 bridgehead atoms. The van der Waals surface area contributed by atoms with Gasteiger partial charge in [0.25, 0.3) is 0 Å². The van der Waals surface area contributed by atoms with Gasteiger partial charge in [-0.3, -0.25) is 9.48 Å². The first-order valence-corrected chi connectivity index (χ1v) is 17.1. The summed E-state index contributed by atoms with van der Waals surface area (Å²) in [6.07, 6.45) is 13.2. The average molecular weight is 629 g/mol. The van der Waals surface area contributed by atoms with E-state index in [9.17, 15) is 9.59 Å². The number of nitrogens with one attached hydrogen (secondary N) is 1. The maximum Gasteiger partial charge on any atom is 0.407 e. The van der Waals surface area contributed by atoms with Crippen LogP contribution in [0.25, 0.3) is 11.1 Å². The number of ether oxygens (including phenoxy) is 2. The molecule has 1 aromatic heterocycles. The molecule has 9 nitrogen and oxygen atoms in total. The second kappa shape index (κ2) is 14.7. The van der Waals surface area contributed by atoms with E-state index in [-0.39, 0.29) is 31.1 Å². The molecule has 2 amide bonds. The number of aliphatic hydroxyl groups is 1. The molecule has 0 saturated heterocycles. The van der Waals surface area contributed by atoms with E-state index in [1.807, 2.05) is 6.20 Å². The zero-order chi connectivity index (χ0) is 32.0. The predicted molar refractivity (Wildman–Crippen MR) is 178 cm³/mol. The molecule has 2 aromatic carbocycles. The van der Waals surface area contributed by atoms with Crippen molar-refractivity contribution < 1.29 is 24.2 Å². The summed E-state index contributed by atoms with van der Waals surface area (Å²) in [4.78, 5) is 28.4. The fraction of sp³-hybridized carbons (Fsp3) is 0.541. The Morgan fingerprint density at radius 1 is 0.978 bits per heavy atom. The van der Waals surface area contributed by atoms with Crippen LogP contribution in [0.15, 0.2) is 54.9 Å². The largest absolute Gasteiger partial charge is 0.496 e. The van der Waals surface area contributed by atoms with Gasteiger partial charge in [-0.05, 0) is 118 Å². The second-order valence-electron chi connectivity index (χ2n) is 13.4. The minimum atomic E-state index is -0.507. The van der Waals surface area contributed by atoms with Crippen molar-refractivity contribution in [3.05, 3.63) is 66.0 Å². The maximum atomic E-state index is 14.3. The van der Waals surface area contributed by atoms with Gasteiger partial charge in [-0.25, -0.2) is 4.79 Å². The predicted octanol–water partition coefficient (Wildman–Crippen LogP) is 6.79. The fourth-order valence-corrected chi connectivity index (χ4v) is 7.35. The van der Waals surface area contributed by atoms with Crippen LogP contribution in [0.5, 0.6) is 5.75 Å². The maximum absolute atomic E-state index is 14.3. The minimum absolute atomic E-state index is 0.0172. The highest BCUT2D eigenvalue weighted by Gasteiger charge is 2.33. The lowest BCUT2D eigenvalue weighted by Crippen LogP contribution is -2.44. The van der Waals surface area contributed by atoms with Crippen LogP contribution in [0.4, 0.5) is 10.5 Å². The Morgan fingerprint density at radius 3 is 2.46 bits per heavy atom. The quantitative estimate of drug-likeness (QED) is 0.242. The minimum Gasteiger partial charge on any atom is -0.496 e. The number of anilines is 1. The average Bonchev–Trinajstić information content (AvgIpc) is 3.82. The molecule has 0 radical (unpaired) electrons. The van der Waals surface area contributed by atoms with Crippen LogP contribution in [-0.2, 0) is 9.53 Å². The van der Waals surface area contributed by atoms with Gasteiger partial charge >= 0.3 is 6.09 Å². The Balaban J connectivity index is 1.15. The fourth-order valence-electron chi connectivity index (χ4n) is 7.35. The number of carbonyl (C=O) groups is 2. The number of amides is 2. The number of aromatic nitrogens is 2. The van der Waals surface area contributed by atoms with Crippen molar-refractivity contribution in [2.24, 2.45) is 11.8 Å². The standard InChI is InChI=1S/C37H48N4O5/c1-25-20-30(12-17-35(25)45-2)27-8-6-26(7-9-27)23-40(36(43)28-10-13-32(14-11-28)39-37(44)46-19-18-42)34-5-3-4-29(21-34)31-22-38-41(24-31)33-15-16-33/h3-5,12,17,20-22,24,26-28,32-33,42H,6-11,13-16,18-19,23H2,1-2H3,(H,39,44). The van der Waals surface area contributed by atoms with Crippen LogP contribution in [0.3, 0.4) is 0 Å². The summed E-state index contributed by atoms with van der Waals surface area (Å²) in [7, 11) is 1.72. The van der Waals surface area contributed by atoms with E-state index in [2.05, 4.69) is 75.6 Å². The van der Waals surface area contributed by atoms with Crippen LogP contribution < -0.4 is 15.0 Å². The zero-order valence-electron chi connectivity index (χ0n) is 27.2. The Labute approximate surface area is 272 Å². The lowest BCUT2D eigenvalue weighted by Gasteiger charge is -2.36. The first-order chi connectivity index (χ1) is 22.4. The number of rotatable bonds is 11. The van der Waals surface area contributed by atoms with Crippen molar-refractivity contribution in [3.63, 3.8) is 0 Å². The van der Waals surface area contributed by atoms with Gasteiger partial charge in [-0.2, -0.15) is 5.10 Å². The molecule has 0 spiro atoms. The Bertz CT molecular complexity index is 1480. The van der Waals surface area contributed by atoms with Gasteiger partial charge < -0.3 is 24.8 Å². The number of alkyl carbamates (subject to hydrolysis) is 1. The molecule has 3 fully saturated rings. The molecule has 0 aliphatic heterocycles. The summed E-state index contributed by atoms with van der Waals surface area (Å²) in [6.45, 7) is 2.60. The van der Waals surface area contributed by atoms with Gasteiger partial charge in [0, 0.05) is 36.0 Å². The van der Waals surface area contributed by atoms with Gasteiger partial charge in [0.15, 0.2) is 0 Å². The van der Waals surface area contributed by atoms with Gasteiger partial charge in [0.05, 0.1) is 26.0 Å². The number of hydrogen-bond acceptors (Lipinski definition) is 6. The molecule has 1 heterocycles. The number of nitrogens with zero attached hydrogens (tertiary/aromatic N) is 3. The van der Waals surface area contributed by atoms with E-state index < -0.39 is 6.09 Å². The summed E-state index contributed by atoms with van der Waals surface area (Å²) in [5.41, 5.74) is 5.66. The molecule has 0 atom stereocenters. The molecule has 6 rings (SSSR count). The highest BCUT2D eigenvalue weighted by Crippen LogP contribution is 2.39. The zero-order valence-corrected chi connectivity index (χ0v) is 27.2. The van der Waals surface area contributed by atoms with Gasteiger partial charge in [0.2, 0.25) is 5.91 Å². The molecule has 2 N–H and O–H groups in total. The van der Waals surface area contributed by atoms with Crippen LogP contribution in [0.2, 0.25) is 0 Å². The van der Waals surface area contributed by atoms with Crippen LogP contribution in [-0.4, -0.2) is 59.8 Å². The molecule has 46 heavy (non-hydrogen) atoms. The third-order valence-corrected chi connectivity index (χ3v) is 10.2. The van der Waals surface area contributed by atoms with E-state index in [1.165, 1.54) is 24.0 Å². The normalized spacial score (nSPS) is 23.0. The van der Waals surface area contributed by atoms with Crippen LogP contribution >= 0.6 is 0 Å². The SMILES string of the molecule is COc1ccc(C2CCC(CN(C(=O)C3CCC(NC(=O)OCCO)CC3)c3cccc(-c4cnn(C5CC5)c4)c3)CC2)cc1C. The number of hydrogen-bond donors (Lipinski definition) is 2. The molecule has 246 valence electrons. The van der Waals surface area contributed by atoms with Gasteiger partial charge in [-0.1, -0.05) is 24.3 Å². The molecule has 3 aliphatic carbocycles. The molecular formula is C37H48N4O5. The smallest absolute Gasteiger partial charge is 0.407 e. The van der Waals surface area contributed by atoms with E-state index >= 15 is 0 Å². The first-order valence-electron chi connectivity index (χ1n) is 17.1. The van der Waals surface area contributed by atoms with Crippen molar-refractivity contribution >= 4 is 17.7 Å². The van der Waals surface area contributed by atoms with Crippen molar-refractivity contribution in [2.75, 3.05) is 31.8 Å². The second-order valence-corrected chi connectivity index (χ2v) is 13.4. The highest BCUT2D eigenvalue weighted by atomic mass is 16.6. The number of carbonyl (C=O) groups excluding carboxylic acids is 2. The molecule has 0 unspecified atom stereocenters. The van der Waals surface area contributed by atoms with Crippen molar-refractivity contribution in [1.82, 2.24) is 15.1 Å². The Morgan fingerprint density at radius 2 is 1.76 bits per heavy atom. The first kappa shape index (κ1) is 32.1. The third kappa shape index (κ3) is 7.74. The molecule has 3 saturated carbocycles. The topological polar surface area (TPSA) is 106 Å². The summed E-state index contributed by atoms with van der Waals surface area (Å²) in [5.74, 6) is 1.98. The van der Waals surface area contributed by atoms with Crippen LogP contribution in [0.1, 0.15) is 87.3 Å². The Hall–Kier alpha value is -3.85. The highest BCUT2D eigenvalue weighted by molar-refractivity contribution is 5.95. The number of benzene rings is 2. The summed E-state index contributed by atoms with van der Waals surface area (Å²) in [5, 5.41) is 16.4. The Kier molecular flexibility index (Phi) is 10.3. The lowest BCUT2D eigenvalue weighted by molar-refractivity contribution is -0.123. The summed E-state index contributed by atoms with van der Waals surface area (Å²) >= 11 is 0. The van der Waals surface area contributed by atoms with Crippen molar-refractivity contribution in [2.45, 2.75) is 89.1 Å².